The molecule has 0 saturated carbocycles. The van der Waals surface area contributed by atoms with E-state index >= 15 is 0 Å². The van der Waals surface area contributed by atoms with Gasteiger partial charge >= 0.3 is 0 Å². The Morgan fingerprint density at radius 1 is 1.60 bits per heavy atom. The Bertz CT molecular complexity index is 201. The van der Waals surface area contributed by atoms with Crippen LogP contribution in [0.2, 0.25) is 0 Å². The third-order valence-electron chi connectivity index (χ3n) is 1.58. The molecule has 0 bridgehead atoms. The van der Waals surface area contributed by atoms with Gasteiger partial charge in [-0.15, -0.1) is 0 Å². The van der Waals surface area contributed by atoms with Gasteiger partial charge in [-0.25, -0.2) is 4.98 Å². The summed E-state index contributed by atoms with van der Waals surface area (Å²) in [6.45, 7) is 6.40. The van der Waals surface area contributed by atoms with Crippen LogP contribution in [0.3, 0.4) is 0 Å². The van der Waals surface area contributed by atoms with Gasteiger partial charge in [0.15, 0.2) is 0 Å². The number of aromatic nitrogens is 2. The fourth-order valence-corrected chi connectivity index (χ4v) is 0.850. The summed E-state index contributed by atoms with van der Waals surface area (Å²) in [5.74, 6) is 1.61. The lowest BCUT2D eigenvalue weighted by Gasteiger charge is -1.96. The zero-order valence-electron chi connectivity index (χ0n) is 6.81. The van der Waals surface area contributed by atoms with Gasteiger partial charge in [-0.3, -0.25) is 0 Å². The Morgan fingerprint density at radius 3 is 2.60 bits per heavy atom. The molecular weight excluding hydrogens is 124 g/mol. The minimum Gasteiger partial charge on any atom is -0.346 e. The first-order valence-electron chi connectivity index (χ1n) is 3.77. The molecule has 0 spiro atoms. The Morgan fingerprint density at radius 2 is 2.30 bits per heavy atom. The Hall–Kier alpha value is -0.790. The molecule has 1 heterocycles. The van der Waals surface area contributed by atoms with E-state index in [-0.39, 0.29) is 0 Å². The number of aromatic amines is 1. The number of hydrogen-bond donors (Lipinski definition) is 1. The van der Waals surface area contributed by atoms with Crippen LogP contribution in [0.15, 0.2) is 6.20 Å². The largest absolute Gasteiger partial charge is 0.346 e. The molecule has 0 radical (unpaired) electrons. The van der Waals surface area contributed by atoms with Crippen LogP contribution in [-0.4, -0.2) is 9.97 Å². The average Bonchev–Trinajstić information content (AvgIpc) is 2.34. The monoisotopic (exact) mass is 138 g/mol. The summed E-state index contributed by atoms with van der Waals surface area (Å²) in [4.78, 5) is 7.48. The molecule has 0 aliphatic heterocycles. The van der Waals surface area contributed by atoms with E-state index in [2.05, 4.69) is 30.7 Å². The molecule has 2 heteroatoms. The molecule has 0 aromatic carbocycles. The predicted octanol–water partition coefficient (Wildman–Crippen LogP) is 2.10. The molecule has 0 aliphatic rings. The number of rotatable bonds is 2. The third-order valence-corrected chi connectivity index (χ3v) is 1.58. The van der Waals surface area contributed by atoms with Gasteiger partial charge in [-0.05, 0) is 6.42 Å². The van der Waals surface area contributed by atoms with Crippen LogP contribution in [0, 0.1) is 0 Å². The minimum atomic E-state index is 0.514. The number of H-pyrrole nitrogens is 1. The number of hydrogen-bond acceptors (Lipinski definition) is 1. The molecule has 1 N–H and O–H groups in total. The molecule has 0 fully saturated rings. The lowest BCUT2D eigenvalue weighted by Crippen LogP contribution is -1.89. The van der Waals surface area contributed by atoms with Gasteiger partial charge in [0, 0.05) is 17.8 Å². The van der Waals surface area contributed by atoms with E-state index in [0.29, 0.717) is 5.92 Å². The third kappa shape index (κ3) is 1.38. The highest BCUT2D eigenvalue weighted by atomic mass is 14.9. The molecule has 0 amide bonds. The standard InChI is InChI=1S/C8H14N2/c1-4-7-5-9-8(10-7)6(2)3/h5-6H,4H2,1-3H3,(H,9,10). The van der Waals surface area contributed by atoms with Gasteiger partial charge in [0.25, 0.3) is 0 Å². The number of nitrogens with zero attached hydrogens (tertiary/aromatic N) is 1. The molecule has 56 valence electrons. The first kappa shape index (κ1) is 7.32. The number of nitrogens with one attached hydrogen (secondary N) is 1. The van der Waals surface area contributed by atoms with Crippen molar-refractivity contribution >= 4 is 0 Å². The minimum absolute atomic E-state index is 0.514. The zero-order valence-corrected chi connectivity index (χ0v) is 6.81. The van der Waals surface area contributed by atoms with Gasteiger partial charge in [-0.2, -0.15) is 0 Å². The number of aryl methyl sites for hydroxylation is 1. The first-order chi connectivity index (χ1) is 4.74. The Balaban J connectivity index is 2.78. The van der Waals surface area contributed by atoms with Crippen molar-refractivity contribution in [3.8, 4) is 0 Å². The predicted molar refractivity (Wildman–Crippen MR) is 42.1 cm³/mol. The van der Waals surface area contributed by atoms with Crippen molar-refractivity contribution in [1.82, 2.24) is 9.97 Å². The quantitative estimate of drug-likeness (QED) is 0.666. The second-order valence-corrected chi connectivity index (χ2v) is 2.80. The van der Waals surface area contributed by atoms with E-state index in [1.54, 1.807) is 0 Å². The summed E-state index contributed by atoms with van der Waals surface area (Å²) in [6, 6.07) is 0. The Labute approximate surface area is 61.7 Å². The van der Waals surface area contributed by atoms with Crippen molar-refractivity contribution in [1.29, 1.82) is 0 Å². The Kier molecular flexibility index (Phi) is 2.10. The van der Waals surface area contributed by atoms with E-state index < -0.39 is 0 Å². The molecule has 0 aliphatic carbocycles. The van der Waals surface area contributed by atoms with Crippen LogP contribution in [0.25, 0.3) is 0 Å². The van der Waals surface area contributed by atoms with Gasteiger partial charge in [-0.1, -0.05) is 20.8 Å². The van der Waals surface area contributed by atoms with Crippen LogP contribution in [-0.2, 0) is 6.42 Å². The van der Waals surface area contributed by atoms with Gasteiger partial charge in [0.05, 0.1) is 0 Å². The highest BCUT2D eigenvalue weighted by Gasteiger charge is 2.01. The van der Waals surface area contributed by atoms with Crippen LogP contribution in [0.4, 0.5) is 0 Å². The zero-order chi connectivity index (χ0) is 7.56. The molecule has 0 saturated heterocycles. The SMILES string of the molecule is CCc1cnc(C(C)C)[nH]1. The second kappa shape index (κ2) is 2.86. The smallest absolute Gasteiger partial charge is 0.108 e. The summed E-state index contributed by atoms with van der Waals surface area (Å²) in [7, 11) is 0. The number of imidazole rings is 1. The fourth-order valence-electron chi connectivity index (χ4n) is 0.850. The van der Waals surface area contributed by atoms with Crippen molar-refractivity contribution < 1.29 is 0 Å². The summed E-state index contributed by atoms with van der Waals surface area (Å²) >= 11 is 0. The molecule has 10 heavy (non-hydrogen) atoms. The van der Waals surface area contributed by atoms with Crippen molar-refractivity contribution in [2.75, 3.05) is 0 Å². The van der Waals surface area contributed by atoms with Crippen molar-refractivity contribution in [2.24, 2.45) is 0 Å². The van der Waals surface area contributed by atoms with Gasteiger partial charge < -0.3 is 4.98 Å². The lowest BCUT2D eigenvalue weighted by molar-refractivity contribution is 0.789. The topological polar surface area (TPSA) is 28.7 Å². The maximum atomic E-state index is 4.23. The molecular formula is C8H14N2. The summed E-state index contributed by atoms with van der Waals surface area (Å²) in [5, 5.41) is 0. The van der Waals surface area contributed by atoms with Crippen molar-refractivity contribution in [3.63, 3.8) is 0 Å². The van der Waals surface area contributed by atoms with Crippen LogP contribution >= 0.6 is 0 Å². The fraction of sp³-hybridized carbons (Fsp3) is 0.625. The lowest BCUT2D eigenvalue weighted by atomic mass is 10.2. The van der Waals surface area contributed by atoms with E-state index in [4.69, 9.17) is 0 Å². The van der Waals surface area contributed by atoms with E-state index in [9.17, 15) is 0 Å². The van der Waals surface area contributed by atoms with E-state index in [0.717, 1.165) is 12.2 Å². The van der Waals surface area contributed by atoms with Crippen LogP contribution in [0.1, 0.15) is 38.2 Å². The average molecular weight is 138 g/mol. The molecule has 0 unspecified atom stereocenters. The first-order valence-corrected chi connectivity index (χ1v) is 3.77. The molecule has 1 rings (SSSR count). The normalized spacial score (nSPS) is 10.8. The van der Waals surface area contributed by atoms with E-state index in [1.165, 1.54) is 5.69 Å². The molecule has 0 atom stereocenters. The molecule has 1 aromatic rings. The van der Waals surface area contributed by atoms with Gasteiger partial charge in [0.2, 0.25) is 0 Å². The van der Waals surface area contributed by atoms with Crippen LogP contribution < -0.4 is 0 Å². The highest BCUT2D eigenvalue weighted by Crippen LogP contribution is 2.09. The summed E-state index contributed by atoms with van der Waals surface area (Å²) < 4.78 is 0. The molecule has 1 aromatic heterocycles. The second-order valence-electron chi connectivity index (χ2n) is 2.80. The van der Waals surface area contributed by atoms with Crippen molar-refractivity contribution in [3.05, 3.63) is 17.7 Å². The van der Waals surface area contributed by atoms with Crippen molar-refractivity contribution in [2.45, 2.75) is 33.1 Å². The highest BCUT2D eigenvalue weighted by molar-refractivity contribution is 5.03. The van der Waals surface area contributed by atoms with Gasteiger partial charge in [0.1, 0.15) is 5.82 Å². The summed E-state index contributed by atoms with van der Waals surface area (Å²) in [5.41, 5.74) is 1.23. The van der Waals surface area contributed by atoms with E-state index in [1.807, 2.05) is 6.20 Å². The van der Waals surface area contributed by atoms with Crippen LogP contribution in [0.5, 0.6) is 0 Å². The maximum Gasteiger partial charge on any atom is 0.108 e. The summed E-state index contributed by atoms with van der Waals surface area (Å²) in [6.07, 6.45) is 2.95. The molecule has 2 nitrogen and oxygen atoms in total. The maximum absolute atomic E-state index is 4.23.